The summed E-state index contributed by atoms with van der Waals surface area (Å²) in [6.45, 7) is 3.68. The van der Waals surface area contributed by atoms with Crippen LogP contribution in [0.5, 0.6) is 0 Å². The number of hydrogen-bond donors (Lipinski definition) is 3. The molecule has 0 aromatic carbocycles. The molecule has 0 aromatic rings. The topological polar surface area (TPSA) is 101 Å². The second-order valence-electron chi connectivity index (χ2n) is 5.06. The number of rotatable bonds is 4. The fourth-order valence-electron chi connectivity index (χ4n) is 1.53. The van der Waals surface area contributed by atoms with E-state index in [1.165, 1.54) is 0 Å². The van der Waals surface area contributed by atoms with Gasteiger partial charge in [0.25, 0.3) is 0 Å². The van der Waals surface area contributed by atoms with Gasteiger partial charge in [-0.2, -0.15) is 0 Å². The lowest BCUT2D eigenvalue weighted by Gasteiger charge is -2.23. The summed E-state index contributed by atoms with van der Waals surface area (Å²) < 4.78 is 0. The molecule has 0 saturated carbocycles. The van der Waals surface area contributed by atoms with Gasteiger partial charge in [0.2, 0.25) is 17.7 Å². The molecule has 0 radical (unpaired) electrons. The van der Waals surface area contributed by atoms with E-state index < -0.39 is 17.5 Å². The third-order valence-corrected chi connectivity index (χ3v) is 2.57. The molecule has 1 saturated heterocycles. The lowest BCUT2D eigenvalue weighted by Crippen LogP contribution is -2.52. The molecule has 1 aliphatic rings. The Morgan fingerprint density at radius 3 is 2.71 bits per heavy atom. The first-order valence-electron chi connectivity index (χ1n) is 5.70. The molecule has 1 aliphatic heterocycles. The van der Waals surface area contributed by atoms with Gasteiger partial charge in [-0.15, -0.1) is 0 Å². The largest absolute Gasteiger partial charge is 0.344 e. The normalized spacial score (nSPS) is 21.0. The van der Waals surface area contributed by atoms with Crippen molar-refractivity contribution in [2.75, 3.05) is 0 Å². The van der Waals surface area contributed by atoms with Gasteiger partial charge in [0.05, 0.1) is 0 Å². The highest BCUT2D eigenvalue weighted by Gasteiger charge is 2.27. The number of imide groups is 1. The predicted octanol–water partition coefficient (Wildman–Crippen LogP) is -0.575. The van der Waals surface area contributed by atoms with E-state index in [0.29, 0.717) is 12.8 Å². The van der Waals surface area contributed by atoms with E-state index in [4.69, 9.17) is 5.73 Å². The molecule has 6 heteroatoms. The van der Waals surface area contributed by atoms with Gasteiger partial charge in [0.1, 0.15) is 6.04 Å². The first kappa shape index (κ1) is 13.6. The number of carbonyl (C=O) groups is 3. The third kappa shape index (κ3) is 4.95. The summed E-state index contributed by atoms with van der Waals surface area (Å²) in [5.74, 6) is -0.928. The lowest BCUT2D eigenvalue weighted by atomic mass is 9.99. The number of nitrogens with one attached hydrogen (secondary N) is 2. The molecule has 4 N–H and O–H groups in total. The molecular weight excluding hydrogens is 222 g/mol. The molecule has 0 bridgehead atoms. The van der Waals surface area contributed by atoms with Gasteiger partial charge < -0.3 is 11.1 Å². The van der Waals surface area contributed by atoms with Crippen molar-refractivity contribution in [2.45, 2.75) is 51.1 Å². The lowest BCUT2D eigenvalue weighted by molar-refractivity contribution is -0.137. The highest BCUT2D eigenvalue weighted by molar-refractivity contribution is 6.01. The van der Waals surface area contributed by atoms with Crippen molar-refractivity contribution in [1.82, 2.24) is 10.6 Å². The highest BCUT2D eigenvalue weighted by Crippen LogP contribution is 2.08. The van der Waals surface area contributed by atoms with E-state index in [1.807, 2.05) is 13.8 Å². The van der Waals surface area contributed by atoms with Crippen molar-refractivity contribution in [3.05, 3.63) is 0 Å². The van der Waals surface area contributed by atoms with E-state index in [-0.39, 0.29) is 24.7 Å². The van der Waals surface area contributed by atoms with Crippen LogP contribution in [0.25, 0.3) is 0 Å². The van der Waals surface area contributed by atoms with Gasteiger partial charge in [0, 0.05) is 18.4 Å². The Kier molecular flexibility index (Phi) is 4.22. The summed E-state index contributed by atoms with van der Waals surface area (Å²) in [6, 6.07) is -0.596. The van der Waals surface area contributed by atoms with Crippen LogP contribution >= 0.6 is 0 Å². The summed E-state index contributed by atoms with van der Waals surface area (Å²) >= 11 is 0. The second-order valence-corrected chi connectivity index (χ2v) is 5.06. The van der Waals surface area contributed by atoms with Crippen LogP contribution in [-0.2, 0) is 14.4 Å². The average molecular weight is 241 g/mol. The van der Waals surface area contributed by atoms with Crippen molar-refractivity contribution in [3.63, 3.8) is 0 Å². The Morgan fingerprint density at radius 1 is 1.53 bits per heavy atom. The number of hydrogen-bond acceptors (Lipinski definition) is 4. The van der Waals surface area contributed by atoms with Crippen LogP contribution in [-0.4, -0.2) is 29.3 Å². The van der Waals surface area contributed by atoms with Crippen molar-refractivity contribution in [1.29, 1.82) is 0 Å². The smallest absolute Gasteiger partial charge is 0.249 e. The average Bonchev–Trinajstić information content (AvgIpc) is 2.18. The van der Waals surface area contributed by atoms with E-state index >= 15 is 0 Å². The minimum Gasteiger partial charge on any atom is -0.344 e. The Labute approximate surface area is 100 Å². The quantitative estimate of drug-likeness (QED) is 0.573. The zero-order chi connectivity index (χ0) is 13.1. The zero-order valence-electron chi connectivity index (χ0n) is 10.2. The zero-order valence-corrected chi connectivity index (χ0v) is 10.2. The van der Waals surface area contributed by atoms with Crippen LogP contribution in [0.1, 0.15) is 39.5 Å². The van der Waals surface area contributed by atoms with E-state index in [1.54, 1.807) is 0 Å². The van der Waals surface area contributed by atoms with Gasteiger partial charge in [-0.1, -0.05) is 0 Å². The van der Waals surface area contributed by atoms with Gasteiger partial charge in [-0.05, 0) is 26.7 Å². The molecule has 96 valence electrons. The van der Waals surface area contributed by atoms with Gasteiger partial charge in [0.15, 0.2) is 0 Å². The highest BCUT2D eigenvalue weighted by atomic mass is 16.2. The number of carbonyl (C=O) groups excluding carboxylic acids is 3. The Bertz CT molecular complexity index is 333. The maximum absolute atomic E-state index is 11.6. The minimum absolute atomic E-state index is 0.210. The molecule has 0 aromatic heterocycles. The second kappa shape index (κ2) is 5.27. The Hall–Kier alpha value is -1.43. The first-order chi connectivity index (χ1) is 7.78. The van der Waals surface area contributed by atoms with E-state index in [0.717, 1.165) is 0 Å². The maximum atomic E-state index is 11.6. The summed E-state index contributed by atoms with van der Waals surface area (Å²) in [5.41, 5.74) is 5.36. The Balaban J connectivity index is 2.36. The molecule has 1 heterocycles. The molecule has 1 unspecified atom stereocenters. The van der Waals surface area contributed by atoms with Gasteiger partial charge in [-0.25, -0.2) is 0 Å². The fourth-order valence-corrected chi connectivity index (χ4v) is 1.53. The molecule has 1 fully saturated rings. The molecule has 6 nitrogen and oxygen atoms in total. The van der Waals surface area contributed by atoms with Crippen LogP contribution in [0, 0.1) is 0 Å². The third-order valence-electron chi connectivity index (χ3n) is 2.57. The molecule has 0 aliphatic carbocycles. The van der Waals surface area contributed by atoms with Crippen molar-refractivity contribution in [3.8, 4) is 0 Å². The molecule has 3 amide bonds. The fraction of sp³-hybridized carbons (Fsp3) is 0.727. The standard InChI is InChI=1S/C11H19N3O3/c1-11(2,12)6-5-9(16)13-7-3-4-8(15)14-10(7)17/h7H,3-6,12H2,1-2H3,(H,13,16)(H,14,15,17). The number of piperidine rings is 1. The summed E-state index contributed by atoms with van der Waals surface area (Å²) in [6.07, 6.45) is 1.45. The summed E-state index contributed by atoms with van der Waals surface area (Å²) in [7, 11) is 0. The first-order valence-corrected chi connectivity index (χ1v) is 5.70. The van der Waals surface area contributed by atoms with Crippen molar-refractivity contribution >= 4 is 17.7 Å². The van der Waals surface area contributed by atoms with Crippen molar-refractivity contribution in [2.24, 2.45) is 5.73 Å². The SMILES string of the molecule is CC(C)(N)CCC(=O)NC1CCC(=O)NC1=O. The molecule has 1 rings (SSSR count). The van der Waals surface area contributed by atoms with E-state index in [2.05, 4.69) is 10.6 Å². The molecule has 0 spiro atoms. The van der Waals surface area contributed by atoms with E-state index in [9.17, 15) is 14.4 Å². The summed E-state index contributed by atoms with van der Waals surface area (Å²) in [4.78, 5) is 33.8. The maximum Gasteiger partial charge on any atom is 0.249 e. The van der Waals surface area contributed by atoms with Gasteiger partial charge >= 0.3 is 0 Å². The number of amides is 3. The van der Waals surface area contributed by atoms with Crippen LogP contribution < -0.4 is 16.4 Å². The molecule has 17 heavy (non-hydrogen) atoms. The number of nitrogens with two attached hydrogens (primary N) is 1. The molecule has 1 atom stereocenters. The monoisotopic (exact) mass is 241 g/mol. The Morgan fingerprint density at radius 2 is 2.18 bits per heavy atom. The minimum atomic E-state index is -0.596. The van der Waals surface area contributed by atoms with Crippen LogP contribution in [0.15, 0.2) is 0 Å². The van der Waals surface area contributed by atoms with Crippen LogP contribution in [0.3, 0.4) is 0 Å². The van der Waals surface area contributed by atoms with Gasteiger partial charge in [-0.3, -0.25) is 19.7 Å². The predicted molar refractivity (Wildman–Crippen MR) is 61.8 cm³/mol. The summed E-state index contributed by atoms with van der Waals surface area (Å²) in [5, 5.41) is 4.79. The van der Waals surface area contributed by atoms with Crippen LogP contribution in [0.4, 0.5) is 0 Å². The van der Waals surface area contributed by atoms with Crippen molar-refractivity contribution < 1.29 is 14.4 Å². The molecular formula is C11H19N3O3. The van der Waals surface area contributed by atoms with Crippen LogP contribution in [0.2, 0.25) is 0 Å².